The quantitative estimate of drug-likeness (QED) is 0.506. The van der Waals surface area contributed by atoms with Crippen LogP contribution in [-0.4, -0.2) is 15.5 Å². The van der Waals surface area contributed by atoms with Crippen LogP contribution in [0.15, 0.2) is 76.2 Å². The van der Waals surface area contributed by atoms with Crippen molar-refractivity contribution in [1.29, 1.82) is 0 Å². The lowest BCUT2D eigenvalue weighted by atomic mass is 10.2. The zero-order chi connectivity index (χ0) is 18.6. The van der Waals surface area contributed by atoms with Crippen LogP contribution in [0.25, 0.3) is 11.0 Å². The number of imidazole rings is 1. The summed E-state index contributed by atoms with van der Waals surface area (Å²) in [4.78, 5) is 18.3. The van der Waals surface area contributed by atoms with E-state index in [9.17, 15) is 4.79 Å². The smallest absolute Gasteiger partial charge is 0.287 e. The van der Waals surface area contributed by atoms with Crippen molar-refractivity contribution < 1.29 is 9.21 Å². The number of hydrogen-bond acceptors (Lipinski definition) is 4. The molecule has 6 heteroatoms. The van der Waals surface area contributed by atoms with E-state index < -0.39 is 0 Å². The predicted molar refractivity (Wildman–Crippen MR) is 107 cm³/mol. The van der Waals surface area contributed by atoms with E-state index >= 15 is 0 Å². The molecule has 4 aromatic rings. The average Bonchev–Trinajstić information content (AvgIpc) is 3.30. The van der Waals surface area contributed by atoms with Gasteiger partial charge in [-0.15, -0.1) is 11.8 Å². The number of furan rings is 1. The second-order valence-electron chi connectivity index (χ2n) is 6.14. The summed E-state index contributed by atoms with van der Waals surface area (Å²) < 4.78 is 7.43. The van der Waals surface area contributed by atoms with Crippen molar-refractivity contribution in [3.05, 3.63) is 84.1 Å². The molecule has 0 fully saturated rings. The van der Waals surface area contributed by atoms with Crippen LogP contribution in [-0.2, 0) is 19.3 Å². The lowest BCUT2D eigenvalue weighted by Gasteiger charge is -2.06. The highest BCUT2D eigenvalue weighted by Crippen LogP contribution is 2.25. The van der Waals surface area contributed by atoms with Gasteiger partial charge in [0.05, 0.1) is 23.8 Å². The highest BCUT2D eigenvalue weighted by atomic mass is 32.2. The van der Waals surface area contributed by atoms with E-state index in [2.05, 4.69) is 22.4 Å². The topological polar surface area (TPSA) is 60.1 Å². The molecule has 1 N–H and O–H groups in total. The molecule has 0 bridgehead atoms. The fourth-order valence-electron chi connectivity index (χ4n) is 2.92. The Morgan fingerprint density at radius 1 is 1.11 bits per heavy atom. The first-order chi connectivity index (χ1) is 13.2. The number of rotatable bonds is 6. The van der Waals surface area contributed by atoms with Crippen molar-refractivity contribution in [3.63, 3.8) is 0 Å². The zero-order valence-corrected chi connectivity index (χ0v) is 15.7. The highest BCUT2D eigenvalue weighted by molar-refractivity contribution is 7.98. The van der Waals surface area contributed by atoms with E-state index in [0.29, 0.717) is 18.1 Å². The molecular weight excluding hydrogens is 358 g/mol. The van der Waals surface area contributed by atoms with Gasteiger partial charge in [0, 0.05) is 23.3 Å². The monoisotopic (exact) mass is 377 g/mol. The second kappa shape index (κ2) is 7.72. The number of thioether (sulfide) groups is 1. The molecule has 0 radical (unpaired) electrons. The predicted octanol–water partition coefficient (Wildman–Crippen LogP) is 4.39. The Kier molecular flexibility index (Phi) is 4.98. The molecule has 0 saturated heterocycles. The number of carbonyl (C=O) groups is 1. The lowest BCUT2D eigenvalue weighted by Crippen LogP contribution is -2.24. The average molecular weight is 377 g/mol. The SMILES string of the molecule is Cn1c(CNC(=O)c2occc2CSc2ccccc2)nc2ccccc21. The summed E-state index contributed by atoms with van der Waals surface area (Å²) >= 11 is 1.67. The molecule has 27 heavy (non-hydrogen) atoms. The first-order valence-corrected chi connectivity index (χ1v) is 9.63. The Bertz CT molecular complexity index is 1070. The normalized spacial score (nSPS) is 11.0. The van der Waals surface area contributed by atoms with Crippen LogP contribution < -0.4 is 5.32 Å². The number of benzene rings is 2. The van der Waals surface area contributed by atoms with Gasteiger partial charge in [-0.2, -0.15) is 0 Å². The molecule has 136 valence electrons. The van der Waals surface area contributed by atoms with Gasteiger partial charge in [0.2, 0.25) is 0 Å². The third kappa shape index (κ3) is 3.75. The van der Waals surface area contributed by atoms with Crippen molar-refractivity contribution >= 4 is 28.7 Å². The van der Waals surface area contributed by atoms with Crippen LogP contribution in [0.5, 0.6) is 0 Å². The molecule has 2 aromatic carbocycles. The van der Waals surface area contributed by atoms with Gasteiger partial charge in [-0.3, -0.25) is 4.79 Å². The molecular formula is C21H19N3O2S. The number of hydrogen-bond donors (Lipinski definition) is 1. The van der Waals surface area contributed by atoms with Crippen molar-refractivity contribution in [2.75, 3.05) is 0 Å². The Morgan fingerprint density at radius 2 is 1.89 bits per heavy atom. The minimum Gasteiger partial charge on any atom is -0.459 e. The van der Waals surface area contributed by atoms with E-state index in [1.807, 2.05) is 60.1 Å². The van der Waals surface area contributed by atoms with E-state index in [1.54, 1.807) is 18.0 Å². The summed E-state index contributed by atoms with van der Waals surface area (Å²) in [5, 5.41) is 2.92. The molecule has 0 unspecified atom stereocenters. The van der Waals surface area contributed by atoms with Crippen molar-refractivity contribution in [2.24, 2.45) is 7.05 Å². The van der Waals surface area contributed by atoms with Crippen molar-refractivity contribution in [2.45, 2.75) is 17.2 Å². The fourth-order valence-corrected chi connectivity index (χ4v) is 3.82. The van der Waals surface area contributed by atoms with Gasteiger partial charge in [-0.1, -0.05) is 30.3 Å². The molecule has 2 heterocycles. The van der Waals surface area contributed by atoms with Crippen LogP contribution in [0.4, 0.5) is 0 Å². The number of carbonyl (C=O) groups excluding carboxylic acids is 1. The fraction of sp³-hybridized carbons (Fsp3) is 0.143. The van der Waals surface area contributed by atoms with Gasteiger partial charge in [-0.25, -0.2) is 4.98 Å². The number of fused-ring (bicyclic) bond motifs is 1. The molecule has 0 aliphatic heterocycles. The van der Waals surface area contributed by atoms with Crippen LogP contribution >= 0.6 is 11.8 Å². The van der Waals surface area contributed by atoms with E-state index in [1.165, 1.54) is 0 Å². The maximum Gasteiger partial charge on any atom is 0.287 e. The summed E-state index contributed by atoms with van der Waals surface area (Å²) in [5.41, 5.74) is 2.84. The first kappa shape index (κ1) is 17.4. The number of aryl methyl sites for hydroxylation is 1. The number of amides is 1. The zero-order valence-electron chi connectivity index (χ0n) is 14.9. The third-order valence-electron chi connectivity index (χ3n) is 4.38. The van der Waals surface area contributed by atoms with Gasteiger partial charge in [0.1, 0.15) is 5.82 Å². The summed E-state index contributed by atoms with van der Waals surface area (Å²) in [6, 6.07) is 19.9. The van der Waals surface area contributed by atoms with Crippen LogP contribution in [0.2, 0.25) is 0 Å². The molecule has 2 aromatic heterocycles. The van der Waals surface area contributed by atoms with Gasteiger partial charge in [0.25, 0.3) is 5.91 Å². The number of nitrogens with one attached hydrogen (secondary N) is 1. The summed E-state index contributed by atoms with van der Waals surface area (Å²) in [6.07, 6.45) is 1.56. The van der Waals surface area contributed by atoms with E-state index in [0.717, 1.165) is 27.3 Å². The molecule has 5 nitrogen and oxygen atoms in total. The molecule has 0 aliphatic carbocycles. The van der Waals surface area contributed by atoms with Gasteiger partial charge < -0.3 is 14.3 Å². The van der Waals surface area contributed by atoms with Crippen molar-refractivity contribution in [3.8, 4) is 0 Å². The minimum atomic E-state index is -0.226. The molecule has 0 saturated carbocycles. The van der Waals surface area contributed by atoms with E-state index in [4.69, 9.17) is 4.42 Å². The number of nitrogens with zero attached hydrogens (tertiary/aromatic N) is 2. The second-order valence-corrected chi connectivity index (χ2v) is 7.18. The third-order valence-corrected chi connectivity index (χ3v) is 5.44. The summed E-state index contributed by atoms with van der Waals surface area (Å²) in [6.45, 7) is 0.343. The largest absolute Gasteiger partial charge is 0.459 e. The highest BCUT2D eigenvalue weighted by Gasteiger charge is 2.16. The van der Waals surface area contributed by atoms with Crippen LogP contribution in [0.1, 0.15) is 21.9 Å². The van der Waals surface area contributed by atoms with Gasteiger partial charge >= 0.3 is 0 Å². The lowest BCUT2D eigenvalue weighted by molar-refractivity contribution is 0.0921. The van der Waals surface area contributed by atoms with Crippen LogP contribution in [0.3, 0.4) is 0 Å². The maximum absolute atomic E-state index is 12.6. The Hall–Kier alpha value is -2.99. The minimum absolute atomic E-state index is 0.226. The molecule has 0 aliphatic rings. The summed E-state index contributed by atoms with van der Waals surface area (Å²) in [7, 11) is 1.95. The van der Waals surface area contributed by atoms with Crippen molar-refractivity contribution in [1.82, 2.24) is 14.9 Å². The molecule has 0 atom stereocenters. The Balaban J connectivity index is 1.43. The Labute approximate surface area is 161 Å². The first-order valence-electron chi connectivity index (χ1n) is 8.65. The molecule has 4 rings (SSSR count). The number of para-hydroxylation sites is 2. The molecule has 0 spiro atoms. The Morgan fingerprint density at radius 3 is 2.70 bits per heavy atom. The maximum atomic E-state index is 12.6. The van der Waals surface area contributed by atoms with E-state index in [-0.39, 0.29) is 5.91 Å². The van der Waals surface area contributed by atoms with Gasteiger partial charge in [0.15, 0.2) is 5.76 Å². The standard InChI is InChI=1S/C21H19N3O2S/c1-24-18-10-6-5-9-17(18)23-19(24)13-22-21(25)20-15(11-12-26-20)14-27-16-7-3-2-4-8-16/h2-12H,13-14H2,1H3,(H,22,25). The number of aromatic nitrogens is 2. The van der Waals surface area contributed by atoms with Crippen LogP contribution in [0, 0.1) is 0 Å². The molecule has 1 amide bonds. The van der Waals surface area contributed by atoms with Gasteiger partial charge in [-0.05, 0) is 30.3 Å². The summed E-state index contributed by atoms with van der Waals surface area (Å²) in [5.74, 6) is 1.61.